The van der Waals surface area contributed by atoms with Crippen LogP contribution < -0.4 is 0 Å². The highest BCUT2D eigenvalue weighted by Crippen LogP contribution is 2.41. The van der Waals surface area contributed by atoms with Gasteiger partial charge in [0.05, 0.1) is 5.60 Å². The number of aliphatic hydroxyl groups is 1. The summed E-state index contributed by atoms with van der Waals surface area (Å²) >= 11 is 0. The molecule has 2 heteroatoms. The molecule has 1 aliphatic carbocycles. The van der Waals surface area contributed by atoms with Crippen LogP contribution in [0.15, 0.2) is 24.3 Å². The van der Waals surface area contributed by atoms with Crippen LogP contribution in [-0.4, -0.2) is 5.11 Å². The summed E-state index contributed by atoms with van der Waals surface area (Å²) in [7, 11) is 0. The smallest absolute Gasteiger partial charge is 0.123 e. The van der Waals surface area contributed by atoms with E-state index in [9.17, 15) is 9.50 Å². The Balaban J connectivity index is 2.30. The van der Waals surface area contributed by atoms with Gasteiger partial charge >= 0.3 is 0 Å². The number of hydrogen-bond acceptors (Lipinski definition) is 1. The van der Waals surface area contributed by atoms with E-state index in [0.29, 0.717) is 0 Å². The van der Waals surface area contributed by atoms with E-state index in [1.54, 1.807) is 12.1 Å². The van der Waals surface area contributed by atoms with Gasteiger partial charge in [0.2, 0.25) is 0 Å². The van der Waals surface area contributed by atoms with Crippen LogP contribution in [0.2, 0.25) is 0 Å². The zero-order valence-electron chi connectivity index (χ0n) is 9.04. The van der Waals surface area contributed by atoms with Gasteiger partial charge in [0, 0.05) is 0 Å². The van der Waals surface area contributed by atoms with Crippen LogP contribution in [0.5, 0.6) is 0 Å². The zero-order valence-corrected chi connectivity index (χ0v) is 9.04. The van der Waals surface area contributed by atoms with Crippen LogP contribution in [0.3, 0.4) is 0 Å². The molecule has 0 radical (unpaired) electrons. The molecule has 1 aromatic rings. The second kappa shape index (κ2) is 3.93. The topological polar surface area (TPSA) is 20.2 Å². The highest BCUT2D eigenvalue weighted by atomic mass is 19.1. The third-order valence-corrected chi connectivity index (χ3v) is 3.60. The molecular formula is C13H17FO. The predicted molar refractivity (Wildman–Crippen MR) is 57.9 cm³/mol. The lowest BCUT2D eigenvalue weighted by Gasteiger charge is -2.38. The Labute approximate surface area is 89.9 Å². The molecule has 0 aliphatic heterocycles. The van der Waals surface area contributed by atoms with Gasteiger partial charge < -0.3 is 5.11 Å². The number of rotatable bonds is 1. The van der Waals surface area contributed by atoms with E-state index in [2.05, 4.69) is 6.92 Å². The molecule has 0 spiro atoms. The maximum atomic E-state index is 12.8. The molecule has 0 saturated heterocycles. The maximum Gasteiger partial charge on any atom is 0.123 e. The fraction of sp³-hybridized carbons (Fsp3) is 0.538. The van der Waals surface area contributed by atoms with Crippen molar-refractivity contribution in [2.75, 3.05) is 0 Å². The first-order valence-electron chi connectivity index (χ1n) is 5.61. The van der Waals surface area contributed by atoms with Crippen molar-refractivity contribution in [2.24, 2.45) is 5.92 Å². The Bertz CT molecular complexity index is 333. The van der Waals surface area contributed by atoms with E-state index in [1.165, 1.54) is 18.6 Å². The van der Waals surface area contributed by atoms with Gasteiger partial charge in [0.1, 0.15) is 5.82 Å². The van der Waals surface area contributed by atoms with Gasteiger partial charge in [-0.2, -0.15) is 0 Å². The monoisotopic (exact) mass is 208 g/mol. The minimum absolute atomic E-state index is 0.245. The summed E-state index contributed by atoms with van der Waals surface area (Å²) in [6.07, 6.45) is 4.08. The molecule has 0 amide bonds. The average molecular weight is 208 g/mol. The van der Waals surface area contributed by atoms with Crippen molar-refractivity contribution in [3.05, 3.63) is 35.6 Å². The highest BCUT2D eigenvalue weighted by Gasteiger charge is 2.37. The Morgan fingerprint density at radius 1 is 1.27 bits per heavy atom. The molecule has 2 atom stereocenters. The van der Waals surface area contributed by atoms with Gasteiger partial charge in [-0.05, 0) is 36.5 Å². The summed E-state index contributed by atoms with van der Waals surface area (Å²) in [4.78, 5) is 0. The van der Waals surface area contributed by atoms with Crippen molar-refractivity contribution in [2.45, 2.75) is 38.2 Å². The molecule has 2 rings (SSSR count). The molecule has 0 aromatic heterocycles. The van der Waals surface area contributed by atoms with Crippen molar-refractivity contribution >= 4 is 0 Å². The van der Waals surface area contributed by atoms with Gasteiger partial charge in [-0.25, -0.2) is 4.39 Å². The molecule has 15 heavy (non-hydrogen) atoms. The van der Waals surface area contributed by atoms with Gasteiger partial charge in [-0.1, -0.05) is 31.9 Å². The average Bonchev–Trinajstić information content (AvgIpc) is 2.23. The Hall–Kier alpha value is -0.890. The van der Waals surface area contributed by atoms with Gasteiger partial charge in [0.25, 0.3) is 0 Å². The zero-order chi connectivity index (χ0) is 10.9. The van der Waals surface area contributed by atoms with Gasteiger partial charge in [-0.15, -0.1) is 0 Å². The van der Waals surface area contributed by atoms with Crippen molar-refractivity contribution in [3.8, 4) is 0 Å². The maximum absolute atomic E-state index is 12.8. The van der Waals surface area contributed by atoms with Crippen molar-refractivity contribution in [1.82, 2.24) is 0 Å². The summed E-state index contributed by atoms with van der Waals surface area (Å²) in [6.45, 7) is 2.07. The SMILES string of the molecule is C[C@@H]1CCCC[C@]1(O)c1ccc(F)cc1. The van der Waals surface area contributed by atoms with Crippen LogP contribution in [0.4, 0.5) is 4.39 Å². The summed E-state index contributed by atoms with van der Waals surface area (Å²) < 4.78 is 12.8. The fourth-order valence-corrected chi connectivity index (χ4v) is 2.50. The van der Waals surface area contributed by atoms with Crippen LogP contribution >= 0.6 is 0 Å². The van der Waals surface area contributed by atoms with Crippen molar-refractivity contribution in [3.63, 3.8) is 0 Å². The quantitative estimate of drug-likeness (QED) is 0.751. The van der Waals surface area contributed by atoms with E-state index in [0.717, 1.165) is 24.8 Å². The second-order valence-electron chi connectivity index (χ2n) is 4.58. The Morgan fingerprint density at radius 2 is 1.93 bits per heavy atom. The first-order chi connectivity index (χ1) is 7.13. The molecular weight excluding hydrogens is 191 g/mol. The minimum Gasteiger partial charge on any atom is -0.385 e. The van der Waals surface area contributed by atoms with Crippen molar-refractivity contribution < 1.29 is 9.50 Å². The minimum atomic E-state index is -0.744. The van der Waals surface area contributed by atoms with E-state index in [4.69, 9.17) is 0 Å². The molecule has 82 valence electrons. The molecule has 1 N–H and O–H groups in total. The number of benzene rings is 1. The standard InChI is InChI=1S/C13H17FO/c1-10-4-2-3-9-13(10,15)11-5-7-12(14)8-6-11/h5-8,10,15H,2-4,9H2,1H3/t10-,13-/m1/s1. The van der Waals surface area contributed by atoms with E-state index in [-0.39, 0.29) is 11.7 Å². The van der Waals surface area contributed by atoms with E-state index < -0.39 is 5.60 Å². The largest absolute Gasteiger partial charge is 0.385 e. The van der Waals surface area contributed by atoms with E-state index >= 15 is 0 Å². The van der Waals surface area contributed by atoms with Crippen LogP contribution in [0.25, 0.3) is 0 Å². The predicted octanol–water partition coefficient (Wildman–Crippen LogP) is 3.22. The first-order valence-corrected chi connectivity index (χ1v) is 5.61. The summed E-state index contributed by atoms with van der Waals surface area (Å²) in [5, 5.41) is 10.6. The highest BCUT2D eigenvalue weighted by molar-refractivity contribution is 5.24. The summed E-state index contributed by atoms with van der Waals surface area (Å²) in [5.74, 6) is 0.0162. The lowest BCUT2D eigenvalue weighted by molar-refractivity contribution is -0.0470. The van der Waals surface area contributed by atoms with Gasteiger partial charge in [-0.3, -0.25) is 0 Å². The number of hydrogen-bond donors (Lipinski definition) is 1. The lowest BCUT2D eigenvalue weighted by Crippen LogP contribution is -2.36. The Morgan fingerprint density at radius 3 is 2.53 bits per heavy atom. The third-order valence-electron chi connectivity index (χ3n) is 3.60. The molecule has 1 fully saturated rings. The summed E-state index contributed by atoms with van der Waals surface area (Å²) in [6, 6.07) is 6.26. The normalized spacial score (nSPS) is 31.5. The van der Waals surface area contributed by atoms with E-state index in [1.807, 2.05) is 0 Å². The van der Waals surface area contributed by atoms with Crippen molar-refractivity contribution in [1.29, 1.82) is 0 Å². The van der Waals surface area contributed by atoms with Crippen LogP contribution in [-0.2, 0) is 5.60 Å². The Kier molecular flexibility index (Phi) is 2.79. The molecule has 1 saturated carbocycles. The molecule has 1 nitrogen and oxygen atoms in total. The molecule has 1 aliphatic rings. The van der Waals surface area contributed by atoms with Crippen LogP contribution in [0.1, 0.15) is 38.2 Å². The summed E-state index contributed by atoms with van der Waals surface area (Å²) in [5.41, 5.74) is 0.113. The lowest BCUT2D eigenvalue weighted by atomic mass is 9.72. The molecule has 0 heterocycles. The van der Waals surface area contributed by atoms with Crippen LogP contribution in [0, 0.1) is 11.7 Å². The first kappa shape index (κ1) is 10.6. The number of halogens is 1. The fourth-order valence-electron chi connectivity index (χ4n) is 2.50. The second-order valence-corrected chi connectivity index (χ2v) is 4.58. The molecule has 1 aromatic carbocycles. The van der Waals surface area contributed by atoms with Gasteiger partial charge in [0.15, 0.2) is 0 Å². The molecule has 0 unspecified atom stereocenters. The third kappa shape index (κ3) is 1.91. The molecule has 0 bridgehead atoms.